The highest BCUT2D eigenvalue weighted by Gasteiger charge is 2.27. The minimum Gasteiger partial charge on any atom is -0.507 e. The summed E-state index contributed by atoms with van der Waals surface area (Å²) in [4.78, 5) is 6.70. The lowest BCUT2D eigenvalue weighted by molar-refractivity contribution is 0.451. The number of rotatable bonds is 5. The van der Waals surface area contributed by atoms with Crippen molar-refractivity contribution in [2.75, 3.05) is 18.0 Å². The van der Waals surface area contributed by atoms with Crippen molar-refractivity contribution in [1.82, 2.24) is 30.7 Å². The molecule has 5 rings (SSSR count). The Balaban J connectivity index is 0.00000136. The summed E-state index contributed by atoms with van der Waals surface area (Å²) in [5.74, 6) is 0.800. The summed E-state index contributed by atoms with van der Waals surface area (Å²) >= 11 is 0. The van der Waals surface area contributed by atoms with E-state index in [9.17, 15) is 5.11 Å². The van der Waals surface area contributed by atoms with Crippen LogP contribution >= 0.6 is 24.8 Å². The average molecular weight is 464 g/mol. The van der Waals surface area contributed by atoms with Gasteiger partial charge in [0.2, 0.25) is 5.95 Å². The molecular formula is C21H27Cl2N7O. The number of H-pyrrole nitrogens is 1. The summed E-state index contributed by atoms with van der Waals surface area (Å²) < 4.78 is 0. The van der Waals surface area contributed by atoms with Crippen molar-refractivity contribution in [3.8, 4) is 28.1 Å². The zero-order valence-electron chi connectivity index (χ0n) is 17.1. The zero-order chi connectivity index (χ0) is 19.6. The number of benzene rings is 1. The van der Waals surface area contributed by atoms with Crippen LogP contribution in [0, 0.1) is 0 Å². The lowest BCUT2D eigenvalue weighted by Crippen LogP contribution is -2.38. The topological polar surface area (TPSA) is 103 Å². The van der Waals surface area contributed by atoms with Gasteiger partial charge in [0.1, 0.15) is 11.4 Å². The van der Waals surface area contributed by atoms with Crippen LogP contribution in [-0.4, -0.2) is 55.7 Å². The zero-order valence-corrected chi connectivity index (χ0v) is 18.7. The van der Waals surface area contributed by atoms with E-state index in [0.717, 1.165) is 30.6 Å². The molecule has 1 aliphatic heterocycles. The average Bonchev–Trinajstić information content (AvgIpc) is 3.52. The molecule has 166 valence electrons. The molecule has 1 atom stereocenters. The predicted octanol–water partition coefficient (Wildman–Crippen LogP) is 3.59. The quantitative estimate of drug-likeness (QED) is 0.530. The fraction of sp³-hybridized carbons (Fsp3) is 0.429. The van der Waals surface area contributed by atoms with Crippen molar-refractivity contribution in [2.45, 2.75) is 44.2 Å². The van der Waals surface area contributed by atoms with Gasteiger partial charge >= 0.3 is 0 Å². The molecule has 2 aromatic heterocycles. The Labute approximate surface area is 193 Å². The molecular weight excluding hydrogens is 437 g/mol. The number of hydrogen-bond donors (Lipinski definition) is 3. The molecule has 3 N–H and O–H groups in total. The molecule has 8 nitrogen and oxygen atoms in total. The molecule has 1 saturated carbocycles. The Morgan fingerprint density at radius 2 is 1.84 bits per heavy atom. The molecule has 10 heteroatoms. The van der Waals surface area contributed by atoms with E-state index in [1.807, 2.05) is 12.1 Å². The standard InChI is InChI=1S/C21H25N7O.2ClH/c29-20-9-14(15-10-23-24-11-15)5-6-18(20)19-12-22-21(27-26-19)28-8-7-17(13-28)25-16-3-1-2-4-16;;/h5-6,9-12,16-17,25,29H,1-4,7-8,13H2,(H,23,24);2*1H. The number of hydrogen-bond acceptors (Lipinski definition) is 7. The highest BCUT2D eigenvalue weighted by Crippen LogP contribution is 2.32. The second kappa shape index (κ2) is 10.3. The third kappa shape index (κ3) is 5.08. The maximum absolute atomic E-state index is 10.5. The van der Waals surface area contributed by atoms with Crippen molar-refractivity contribution in [3.05, 3.63) is 36.8 Å². The van der Waals surface area contributed by atoms with Crippen molar-refractivity contribution in [2.24, 2.45) is 0 Å². The summed E-state index contributed by atoms with van der Waals surface area (Å²) in [5, 5.41) is 29.6. The molecule has 2 aliphatic rings. The van der Waals surface area contributed by atoms with Gasteiger partial charge in [-0.05, 0) is 37.0 Å². The van der Waals surface area contributed by atoms with Crippen LogP contribution in [0.15, 0.2) is 36.8 Å². The van der Waals surface area contributed by atoms with Gasteiger partial charge in [-0.3, -0.25) is 5.10 Å². The first-order valence-electron chi connectivity index (χ1n) is 10.3. The van der Waals surface area contributed by atoms with Crippen LogP contribution in [0.4, 0.5) is 5.95 Å². The second-order valence-corrected chi connectivity index (χ2v) is 7.94. The van der Waals surface area contributed by atoms with Gasteiger partial charge in [0.25, 0.3) is 0 Å². The highest BCUT2D eigenvalue weighted by molar-refractivity contribution is 5.85. The Kier molecular flexibility index (Phi) is 7.69. The van der Waals surface area contributed by atoms with Gasteiger partial charge < -0.3 is 15.3 Å². The maximum Gasteiger partial charge on any atom is 0.245 e. The summed E-state index contributed by atoms with van der Waals surface area (Å²) in [7, 11) is 0. The normalized spacial score (nSPS) is 18.6. The van der Waals surface area contributed by atoms with Gasteiger partial charge in [0, 0.05) is 42.5 Å². The maximum atomic E-state index is 10.5. The van der Waals surface area contributed by atoms with Crippen LogP contribution in [0.2, 0.25) is 0 Å². The summed E-state index contributed by atoms with van der Waals surface area (Å²) in [6.45, 7) is 1.86. The SMILES string of the molecule is Cl.Cl.Oc1cc(-c2cn[nH]c2)ccc1-c1cnc(N2CCC(NC3CCCC3)C2)nn1. The molecule has 1 aromatic carbocycles. The van der Waals surface area contributed by atoms with Crippen molar-refractivity contribution >= 4 is 30.8 Å². The minimum absolute atomic E-state index is 0. The summed E-state index contributed by atoms with van der Waals surface area (Å²) in [6, 6.07) is 6.64. The number of nitrogens with one attached hydrogen (secondary N) is 2. The Morgan fingerprint density at radius 3 is 2.52 bits per heavy atom. The molecule has 1 saturated heterocycles. The molecule has 3 heterocycles. The van der Waals surface area contributed by atoms with Gasteiger partial charge in [-0.25, -0.2) is 4.98 Å². The van der Waals surface area contributed by atoms with E-state index in [0.29, 0.717) is 29.3 Å². The Bertz CT molecular complexity index is 962. The fourth-order valence-corrected chi connectivity index (χ4v) is 4.38. The molecule has 0 radical (unpaired) electrons. The van der Waals surface area contributed by atoms with Gasteiger partial charge in [-0.15, -0.1) is 35.0 Å². The van der Waals surface area contributed by atoms with Crippen molar-refractivity contribution in [3.63, 3.8) is 0 Å². The van der Waals surface area contributed by atoms with E-state index in [-0.39, 0.29) is 30.6 Å². The summed E-state index contributed by atoms with van der Waals surface area (Å²) in [5.41, 5.74) is 2.98. The molecule has 1 unspecified atom stereocenters. The van der Waals surface area contributed by atoms with Gasteiger partial charge in [-0.1, -0.05) is 18.9 Å². The van der Waals surface area contributed by atoms with E-state index < -0.39 is 0 Å². The van der Waals surface area contributed by atoms with Crippen molar-refractivity contribution in [1.29, 1.82) is 0 Å². The molecule has 1 aliphatic carbocycles. The number of phenolic OH excluding ortho intramolecular Hbond substituents is 1. The molecule has 0 amide bonds. The molecule has 2 fully saturated rings. The number of anilines is 1. The Hall–Kier alpha value is -2.42. The molecule has 0 bridgehead atoms. The number of aromatic nitrogens is 5. The van der Waals surface area contributed by atoms with E-state index in [2.05, 4.69) is 35.6 Å². The molecule has 3 aromatic rings. The largest absolute Gasteiger partial charge is 0.507 e. The van der Waals surface area contributed by atoms with Crippen LogP contribution in [0.3, 0.4) is 0 Å². The first-order chi connectivity index (χ1) is 14.3. The number of phenols is 1. The monoisotopic (exact) mass is 463 g/mol. The van der Waals surface area contributed by atoms with E-state index in [4.69, 9.17) is 0 Å². The lowest BCUT2D eigenvalue weighted by atomic mass is 10.0. The van der Waals surface area contributed by atoms with Gasteiger partial charge in [0.15, 0.2) is 0 Å². The van der Waals surface area contributed by atoms with Crippen LogP contribution in [0.1, 0.15) is 32.1 Å². The van der Waals surface area contributed by atoms with Crippen LogP contribution < -0.4 is 10.2 Å². The minimum atomic E-state index is 0. The number of halogens is 2. The first-order valence-corrected chi connectivity index (χ1v) is 10.3. The van der Waals surface area contributed by atoms with Crippen LogP contribution in [0.5, 0.6) is 5.75 Å². The van der Waals surface area contributed by atoms with Gasteiger partial charge in [-0.2, -0.15) is 5.10 Å². The number of nitrogens with zero attached hydrogens (tertiary/aromatic N) is 5. The van der Waals surface area contributed by atoms with E-state index in [1.165, 1.54) is 25.7 Å². The van der Waals surface area contributed by atoms with E-state index >= 15 is 0 Å². The highest BCUT2D eigenvalue weighted by atomic mass is 35.5. The van der Waals surface area contributed by atoms with Crippen LogP contribution in [0.25, 0.3) is 22.4 Å². The fourth-order valence-electron chi connectivity index (χ4n) is 4.38. The first kappa shape index (κ1) is 23.2. The summed E-state index contributed by atoms with van der Waals surface area (Å²) in [6.07, 6.45) is 11.6. The predicted molar refractivity (Wildman–Crippen MR) is 125 cm³/mol. The third-order valence-corrected chi connectivity index (χ3v) is 5.95. The second-order valence-electron chi connectivity index (χ2n) is 7.94. The number of aromatic amines is 1. The van der Waals surface area contributed by atoms with Gasteiger partial charge in [0.05, 0.1) is 12.4 Å². The molecule has 0 spiro atoms. The van der Waals surface area contributed by atoms with Crippen molar-refractivity contribution < 1.29 is 5.11 Å². The lowest BCUT2D eigenvalue weighted by Gasteiger charge is -2.19. The Morgan fingerprint density at radius 1 is 1.00 bits per heavy atom. The van der Waals surface area contributed by atoms with Crippen LogP contribution in [-0.2, 0) is 0 Å². The third-order valence-electron chi connectivity index (χ3n) is 5.95. The van der Waals surface area contributed by atoms with E-state index in [1.54, 1.807) is 24.7 Å². The number of aromatic hydroxyl groups is 1. The smallest absolute Gasteiger partial charge is 0.245 e. The molecule has 31 heavy (non-hydrogen) atoms.